The number of nitrogens with zero attached hydrogens (tertiary/aromatic N) is 3. The second-order valence-corrected chi connectivity index (χ2v) is 11.4. The van der Waals surface area contributed by atoms with E-state index in [-0.39, 0.29) is 27.4 Å². The fourth-order valence-electron chi connectivity index (χ4n) is 4.85. The van der Waals surface area contributed by atoms with Gasteiger partial charge in [0.15, 0.2) is 5.75 Å². The van der Waals surface area contributed by atoms with Crippen molar-refractivity contribution in [1.82, 2.24) is 19.2 Å². The molecule has 0 bridgehead atoms. The van der Waals surface area contributed by atoms with Gasteiger partial charge in [-0.15, -0.1) is 0 Å². The number of rotatable bonds is 6. The van der Waals surface area contributed by atoms with Crippen LogP contribution in [0.25, 0.3) is 16.7 Å². The van der Waals surface area contributed by atoms with Crippen molar-refractivity contribution in [1.29, 1.82) is 0 Å². The largest absolute Gasteiger partial charge is 0.505 e. The summed E-state index contributed by atoms with van der Waals surface area (Å²) >= 11 is 0. The molecular formula is C28H27FN4O5S. The van der Waals surface area contributed by atoms with Crippen LogP contribution in [0.3, 0.4) is 0 Å². The van der Waals surface area contributed by atoms with Crippen LogP contribution in [-0.2, 0) is 16.4 Å². The van der Waals surface area contributed by atoms with E-state index >= 15 is 0 Å². The minimum Gasteiger partial charge on any atom is -0.505 e. The topological polar surface area (TPSA) is 122 Å². The fraction of sp³-hybridized carbons (Fsp3) is 0.250. The Bertz CT molecular complexity index is 1730. The van der Waals surface area contributed by atoms with Gasteiger partial charge in [0.1, 0.15) is 16.9 Å². The van der Waals surface area contributed by atoms with Crippen LogP contribution >= 0.6 is 0 Å². The van der Waals surface area contributed by atoms with Crippen LogP contribution in [0.1, 0.15) is 40.7 Å². The molecule has 0 radical (unpaired) electrons. The molecule has 0 spiro atoms. The van der Waals surface area contributed by atoms with Gasteiger partial charge in [-0.1, -0.05) is 24.6 Å². The summed E-state index contributed by atoms with van der Waals surface area (Å²) in [4.78, 5) is 30.7. The van der Waals surface area contributed by atoms with E-state index in [1.54, 1.807) is 24.3 Å². The van der Waals surface area contributed by atoms with Gasteiger partial charge in [-0.3, -0.25) is 19.1 Å². The Balaban J connectivity index is 1.71. The molecule has 1 saturated heterocycles. The summed E-state index contributed by atoms with van der Waals surface area (Å²) in [5.74, 6) is -1.74. The lowest BCUT2D eigenvalue weighted by molar-refractivity contribution is 0.0959. The van der Waals surface area contributed by atoms with Crippen molar-refractivity contribution in [3.8, 4) is 11.4 Å². The van der Waals surface area contributed by atoms with Crippen LogP contribution in [0, 0.1) is 5.82 Å². The van der Waals surface area contributed by atoms with Crippen LogP contribution < -0.4 is 10.9 Å². The van der Waals surface area contributed by atoms with E-state index < -0.39 is 32.8 Å². The highest BCUT2D eigenvalue weighted by Gasteiger charge is 2.28. The number of hydrogen-bond donors (Lipinski definition) is 2. The molecule has 1 amide bonds. The van der Waals surface area contributed by atoms with E-state index in [0.29, 0.717) is 25.1 Å². The summed E-state index contributed by atoms with van der Waals surface area (Å²) in [6, 6.07) is 13.6. The number of aromatic nitrogens is 2. The SMILES string of the molecule is CNC(=O)c1c(O)c2ncc(Cc3ccc(F)cc3)cc2n(-c2cccc(S(=O)(=O)N3CCCCC3)c2)c1=O. The molecule has 39 heavy (non-hydrogen) atoms. The lowest BCUT2D eigenvalue weighted by atomic mass is 10.0. The summed E-state index contributed by atoms with van der Waals surface area (Å²) in [5.41, 5.74) is 0.519. The number of sulfonamides is 1. The van der Waals surface area contributed by atoms with E-state index in [2.05, 4.69) is 10.3 Å². The first-order chi connectivity index (χ1) is 18.7. The van der Waals surface area contributed by atoms with Gasteiger partial charge in [-0.25, -0.2) is 12.8 Å². The summed E-state index contributed by atoms with van der Waals surface area (Å²) in [5, 5.41) is 13.2. The van der Waals surface area contributed by atoms with Crippen LogP contribution in [0.15, 0.2) is 70.5 Å². The maximum Gasteiger partial charge on any atom is 0.272 e. The average Bonchev–Trinajstić information content (AvgIpc) is 2.95. The normalized spacial score (nSPS) is 14.4. The number of carbonyl (C=O) groups excluding carboxylic acids is 1. The number of amides is 1. The summed E-state index contributed by atoms with van der Waals surface area (Å²) in [6.07, 6.45) is 4.39. The third kappa shape index (κ3) is 5.02. The maximum absolute atomic E-state index is 13.7. The minimum absolute atomic E-state index is 0.000321. The Morgan fingerprint density at radius 2 is 1.77 bits per heavy atom. The monoisotopic (exact) mass is 550 g/mol. The van der Waals surface area contributed by atoms with Gasteiger partial charge in [0.25, 0.3) is 11.5 Å². The molecule has 1 fully saturated rings. The molecule has 3 heterocycles. The van der Waals surface area contributed by atoms with Gasteiger partial charge < -0.3 is 10.4 Å². The lowest BCUT2D eigenvalue weighted by Crippen LogP contribution is -2.35. The first kappa shape index (κ1) is 26.5. The molecule has 11 heteroatoms. The summed E-state index contributed by atoms with van der Waals surface area (Å²) in [7, 11) is -2.47. The molecule has 0 saturated carbocycles. The molecule has 202 valence electrons. The van der Waals surface area contributed by atoms with E-state index in [9.17, 15) is 27.5 Å². The molecule has 2 aromatic carbocycles. The Kier molecular flexibility index (Phi) is 7.19. The molecule has 0 unspecified atom stereocenters. The molecule has 1 aliphatic heterocycles. The number of pyridine rings is 2. The summed E-state index contributed by atoms with van der Waals surface area (Å²) in [6.45, 7) is 0.846. The van der Waals surface area contributed by atoms with Gasteiger partial charge in [-0.2, -0.15) is 4.31 Å². The fourth-order valence-corrected chi connectivity index (χ4v) is 6.40. The smallest absolute Gasteiger partial charge is 0.272 e. The van der Waals surface area contributed by atoms with E-state index in [0.717, 1.165) is 24.8 Å². The number of fused-ring (bicyclic) bond motifs is 1. The third-order valence-electron chi connectivity index (χ3n) is 6.85. The zero-order valence-electron chi connectivity index (χ0n) is 21.2. The highest BCUT2D eigenvalue weighted by atomic mass is 32.2. The Labute approximate surface area is 224 Å². The lowest BCUT2D eigenvalue weighted by Gasteiger charge is -2.26. The van der Waals surface area contributed by atoms with Crippen molar-refractivity contribution in [3.05, 3.63) is 93.7 Å². The number of halogens is 1. The molecule has 2 aromatic heterocycles. The van der Waals surface area contributed by atoms with Gasteiger partial charge in [0.2, 0.25) is 10.0 Å². The average molecular weight is 551 g/mol. The van der Waals surface area contributed by atoms with Crippen molar-refractivity contribution in [3.63, 3.8) is 0 Å². The molecule has 0 atom stereocenters. The van der Waals surface area contributed by atoms with Crippen LogP contribution in [0.5, 0.6) is 5.75 Å². The number of aromatic hydroxyl groups is 1. The molecule has 5 rings (SSSR count). The third-order valence-corrected chi connectivity index (χ3v) is 8.74. The van der Waals surface area contributed by atoms with Gasteiger partial charge >= 0.3 is 0 Å². The maximum atomic E-state index is 13.7. The minimum atomic E-state index is -3.81. The molecule has 4 aromatic rings. The Morgan fingerprint density at radius 3 is 2.46 bits per heavy atom. The Hall–Kier alpha value is -4.09. The molecular weight excluding hydrogens is 523 g/mol. The zero-order chi connectivity index (χ0) is 27.7. The van der Waals surface area contributed by atoms with Crippen molar-refractivity contribution >= 4 is 27.0 Å². The van der Waals surface area contributed by atoms with Crippen LogP contribution in [-0.4, -0.2) is 53.4 Å². The van der Waals surface area contributed by atoms with Crippen molar-refractivity contribution in [2.75, 3.05) is 20.1 Å². The highest BCUT2D eigenvalue weighted by Crippen LogP contribution is 2.29. The standard InChI is InChI=1S/C28H27FN4O5S/c1-30-27(35)24-26(34)25-23(15-19(17-31-25)14-18-8-10-20(29)11-9-18)33(28(24)36)21-6-5-7-22(16-21)39(37,38)32-12-3-2-4-13-32/h5-11,15-17,34H,2-4,12-14H2,1H3,(H,30,35). The number of hydrogen-bond acceptors (Lipinski definition) is 6. The predicted molar refractivity (Wildman–Crippen MR) is 144 cm³/mol. The van der Waals surface area contributed by atoms with Gasteiger partial charge in [0.05, 0.1) is 16.1 Å². The first-order valence-corrected chi connectivity index (χ1v) is 14.0. The number of piperidine rings is 1. The van der Waals surface area contributed by atoms with E-state index in [4.69, 9.17) is 0 Å². The second-order valence-electron chi connectivity index (χ2n) is 9.42. The molecule has 1 aliphatic rings. The molecule has 2 N–H and O–H groups in total. The van der Waals surface area contributed by atoms with Crippen molar-refractivity contribution < 1.29 is 22.7 Å². The van der Waals surface area contributed by atoms with Crippen LogP contribution in [0.2, 0.25) is 0 Å². The summed E-state index contributed by atoms with van der Waals surface area (Å²) < 4.78 is 42.7. The second kappa shape index (κ2) is 10.6. The highest BCUT2D eigenvalue weighted by molar-refractivity contribution is 7.89. The number of benzene rings is 2. The van der Waals surface area contributed by atoms with E-state index in [1.165, 1.54) is 52.4 Å². The molecule has 0 aliphatic carbocycles. The first-order valence-electron chi connectivity index (χ1n) is 12.5. The van der Waals surface area contributed by atoms with Crippen molar-refractivity contribution in [2.45, 2.75) is 30.6 Å². The molecule has 9 nitrogen and oxygen atoms in total. The quantitative estimate of drug-likeness (QED) is 0.380. The zero-order valence-corrected chi connectivity index (χ0v) is 22.0. The van der Waals surface area contributed by atoms with Crippen LogP contribution in [0.4, 0.5) is 4.39 Å². The van der Waals surface area contributed by atoms with E-state index in [1.807, 2.05) is 0 Å². The van der Waals surface area contributed by atoms with Gasteiger partial charge in [-0.05, 0) is 66.8 Å². The number of carbonyl (C=O) groups is 1. The number of nitrogens with one attached hydrogen (secondary N) is 1. The van der Waals surface area contributed by atoms with Crippen molar-refractivity contribution in [2.24, 2.45) is 0 Å². The predicted octanol–water partition coefficient (Wildman–Crippen LogP) is 3.36. The Morgan fingerprint density at radius 1 is 1.05 bits per heavy atom. The van der Waals surface area contributed by atoms with Gasteiger partial charge in [0, 0.05) is 26.3 Å².